The molecule has 27 heavy (non-hydrogen) atoms. The highest BCUT2D eigenvalue weighted by Crippen LogP contribution is 2.34. The van der Waals surface area contributed by atoms with Crippen molar-refractivity contribution < 1.29 is 13.2 Å². The maximum absolute atomic E-state index is 12.0. The van der Waals surface area contributed by atoms with Gasteiger partial charge in [-0.15, -0.1) is 0 Å². The zero-order chi connectivity index (χ0) is 18.9. The van der Waals surface area contributed by atoms with Gasteiger partial charge >= 0.3 is 0 Å². The molecule has 1 aliphatic rings. The second-order valence-electron chi connectivity index (χ2n) is 6.66. The van der Waals surface area contributed by atoms with Crippen LogP contribution in [0.2, 0.25) is 0 Å². The molecule has 3 aromatic rings. The topological polar surface area (TPSA) is 85.3 Å². The van der Waals surface area contributed by atoms with E-state index in [9.17, 15) is 8.42 Å². The molecule has 0 spiro atoms. The van der Waals surface area contributed by atoms with E-state index in [1.54, 1.807) is 42.1 Å². The number of ether oxygens (including phenoxy) is 1. The van der Waals surface area contributed by atoms with Gasteiger partial charge in [-0.2, -0.15) is 0 Å². The highest BCUT2D eigenvalue weighted by molar-refractivity contribution is 7.91. The average molecular weight is 405 g/mol. The summed E-state index contributed by atoms with van der Waals surface area (Å²) >= 11 is 1.55. The normalized spacial score (nSPS) is 16.0. The third kappa shape index (κ3) is 4.03. The molecule has 0 atom stereocenters. The van der Waals surface area contributed by atoms with E-state index in [1.807, 2.05) is 6.07 Å². The number of rotatable bonds is 5. The molecule has 1 saturated heterocycles. The largest absolute Gasteiger partial charge is 0.476 e. The molecule has 1 fully saturated rings. The Bertz CT molecular complexity index is 1030. The quantitative estimate of drug-likeness (QED) is 0.646. The van der Waals surface area contributed by atoms with E-state index in [2.05, 4.69) is 19.9 Å². The molecule has 142 valence electrons. The predicted octanol–water partition coefficient (Wildman–Crippen LogP) is 2.79. The van der Waals surface area contributed by atoms with E-state index in [0.29, 0.717) is 28.8 Å². The van der Waals surface area contributed by atoms with E-state index in [0.717, 1.165) is 35.8 Å². The van der Waals surface area contributed by atoms with Crippen molar-refractivity contribution in [3.05, 3.63) is 36.8 Å². The summed E-state index contributed by atoms with van der Waals surface area (Å²) < 4.78 is 30.6. The van der Waals surface area contributed by atoms with Crippen molar-refractivity contribution in [2.75, 3.05) is 30.9 Å². The fraction of sp³-hybridized carbons (Fsp3) is 0.389. The van der Waals surface area contributed by atoms with Crippen molar-refractivity contribution in [1.29, 1.82) is 0 Å². The Morgan fingerprint density at radius 1 is 1.26 bits per heavy atom. The second kappa shape index (κ2) is 7.40. The zero-order valence-electron chi connectivity index (χ0n) is 14.9. The summed E-state index contributed by atoms with van der Waals surface area (Å²) in [5.74, 6) is 1.02. The Morgan fingerprint density at radius 2 is 2.07 bits per heavy atom. The molecule has 0 saturated carbocycles. The van der Waals surface area contributed by atoms with Crippen LogP contribution in [-0.2, 0) is 9.84 Å². The van der Waals surface area contributed by atoms with Gasteiger partial charge in [-0.1, -0.05) is 17.4 Å². The number of para-hydroxylation sites is 1. The Kier molecular flexibility index (Phi) is 4.96. The molecule has 1 aliphatic heterocycles. The van der Waals surface area contributed by atoms with Crippen LogP contribution in [0.5, 0.6) is 5.88 Å². The number of nitrogens with zero attached hydrogens (tertiary/aromatic N) is 4. The summed E-state index contributed by atoms with van der Waals surface area (Å²) in [6.45, 7) is 2.38. The fourth-order valence-electron chi connectivity index (χ4n) is 3.20. The number of hydrogen-bond donors (Lipinski definition) is 0. The second-order valence-corrected chi connectivity index (χ2v) is 9.65. The molecule has 7 nitrogen and oxygen atoms in total. The first-order valence-electron chi connectivity index (χ1n) is 8.74. The molecule has 1 aromatic carbocycles. The van der Waals surface area contributed by atoms with Gasteiger partial charge in [0.15, 0.2) is 15.0 Å². The van der Waals surface area contributed by atoms with Crippen LogP contribution >= 0.6 is 11.3 Å². The minimum Gasteiger partial charge on any atom is -0.476 e. The smallest absolute Gasteiger partial charge is 0.232 e. The molecule has 0 unspecified atom stereocenters. The molecule has 0 radical (unpaired) electrons. The Hall–Kier alpha value is -2.26. The average Bonchev–Trinajstić information content (AvgIpc) is 3.11. The van der Waals surface area contributed by atoms with Crippen LogP contribution < -0.4 is 9.64 Å². The molecule has 4 rings (SSSR count). The molecule has 3 heterocycles. The number of fused-ring (bicyclic) bond motifs is 1. The van der Waals surface area contributed by atoms with E-state index in [-0.39, 0.29) is 0 Å². The van der Waals surface area contributed by atoms with Gasteiger partial charge in [0, 0.05) is 31.7 Å². The van der Waals surface area contributed by atoms with Crippen LogP contribution in [0.4, 0.5) is 5.13 Å². The number of thiazole rings is 1. The first-order chi connectivity index (χ1) is 13.0. The molecule has 0 N–H and O–H groups in total. The predicted molar refractivity (Wildman–Crippen MR) is 105 cm³/mol. The van der Waals surface area contributed by atoms with E-state index >= 15 is 0 Å². The SMILES string of the molecule is CS(=O)(=O)c1cccc2sc(N3CCC(COc4cnccn4)CC3)nc12. The lowest BCUT2D eigenvalue weighted by molar-refractivity contribution is 0.215. The van der Waals surface area contributed by atoms with Crippen LogP contribution in [0.3, 0.4) is 0 Å². The summed E-state index contributed by atoms with van der Waals surface area (Å²) in [4.78, 5) is 15.3. The standard InChI is InChI=1S/C18H20N4O3S2/c1-27(23,24)15-4-2-3-14-17(15)21-18(26-14)22-9-5-13(6-10-22)12-25-16-11-19-7-8-20-16/h2-4,7-8,11,13H,5-6,9-10,12H2,1H3. The highest BCUT2D eigenvalue weighted by Gasteiger charge is 2.23. The molecule has 0 aliphatic carbocycles. The highest BCUT2D eigenvalue weighted by atomic mass is 32.2. The number of anilines is 1. The third-order valence-electron chi connectivity index (χ3n) is 4.66. The molecule has 9 heteroatoms. The van der Waals surface area contributed by atoms with Crippen molar-refractivity contribution in [2.24, 2.45) is 5.92 Å². The van der Waals surface area contributed by atoms with E-state index in [4.69, 9.17) is 4.74 Å². The summed E-state index contributed by atoms with van der Waals surface area (Å²) in [6, 6.07) is 5.32. The van der Waals surface area contributed by atoms with Gasteiger partial charge in [-0.25, -0.2) is 18.4 Å². The van der Waals surface area contributed by atoms with Gasteiger partial charge in [0.05, 0.1) is 22.4 Å². The molecular weight excluding hydrogens is 384 g/mol. The van der Waals surface area contributed by atoms with Gasteiger partial charge in [0.25, 0.3) is 0 Å². The number of piperidine rings is 1. The summed E-state index contributed by atoms with van der Waals surface area (Å²) in [7, 11) is -3.29. The number of aromatic nitrogens is 3. The fourth-order valence-corrected chi connectivity index (χ4v) is 5.14. The number of benzene rings is 1. The minimum absolute atomic E-state index is 0.301. The Balaban J connectivity index is 1.42. The Morgan fingerprint density at radius 3 is 2.78 bits per heavy atom. The molecule has 0 bridgehead atoms. The summed E-state index contributed by atoms with van der Waals surface area (Å²) in [5.41, 5.74) is 0.577. The maximum atomic E-state index is 12.0. The van der Waals surface area contributed by atoms with Gasteiger partial charge < -0.3 is 9.64 Å². The Labute approximate surface area is 162 Å². The van der Waals surface area contributed by atoms with E-state index < -0.39 is 9.84 Å². The van der Waals surface area contributed by atoms with Crippen LogP contribution in [0.15, 0.2) is 41.7 Å². The van der Waals surface area contributed by atoms with Crippen molar-refractivity contribution >= 4 is 36.5 Å². The molecule has 2 aromatic heterocycles. The van der Waals surface area contributed by atoms with Crippen LogP contribution in [0.1, 0.15) is 12.8 Å². The lowest BCUT2D eigenvalue weighted by Crippen LogP contribution is -2.35. The molecule has 0 amide bonds. The monoisotopic (exact) mass is 404 g/mol. The first-order valence-corrected chi connectivity index (χ1v) is 11.4. The number of sulfone groups is 1. The third-order valence-corrected chi connectivity index (χ3v) is 6.87. The lowest BCUT2D eigenvalue weighted by Gasteiger charge is -2.31. The van der Waals surface area contributed by atoms with Gasteiger partial charge in [-0.3, -0.25) is 4.98 Å². The van der Waals surface area contributed by atoms with Crippen molar-refractivity contribution in [3.8, 4) is 5.88 Å². The van der Waals surface area contributed by atoms with Gasteiger partial charge in [0.1, 0.15) is 5.52 Å². The minimum atomic E-state index is -3.29. The van der Waals surface area contributed by atoms with Crippen LogP contribution in [0, 0.1) is 5.92 Å². The summed E-state index contributed by atoms with van der Waals surface area (Å²) in [5, 5.41) is 0.884. The van der Waals surface area contributed by atoms with Crippen molar-refractivity contribution in [1.82, 2.24) is 15.0 Å². The van der Waals surface area contributed by atoms with Gasteiger partial charge in [-0.05, 0) is 30.9 Å². The summed E-state index contributed by atoms with van der Waals surface area (Å²) in [6.07, 6.45) is 8.08. The molecular formula is C18H20N4O3S2. The van der Waals surface area contributed by atoms with E-state index in [1.165, 1.54) is 6.26 Å². The van der Waals surface area contributed by atoms with Crippen LogP contribution in [-0.4, -0.2) is 49.3 Å². The maximum Gasteiger partial charge on any atom is 0.232 e. The van der Waals surface area contributed by atoms with Crippen molar-refractivity contribution in [2.45, 2.75) is 17.7 Å². The van der Waals surface area contributed by atoms with Crippen molar-refractivity contribution in [3.63, 3.8) is 0 Å². The number of hydrogen-bond acceptors (Lipinski definition) is 8. The van der Waals surface area contributed by atoms with Gasteiger partial charge in [0.2, 0.25) is 5.88 Å². The van der Waals surface area contributed by atoms with Crippen LogP contribution in [0.25, 0.3) is 10.2 Å². The lowest BCUT2D eigenvalue weighted by atomic mass is 9.98. The zero-order valence-corrected chi connectivity index (χ0v) is 16.5. The first kappa shape index (κ1) is 18.1.